The van der Waals surface area contributed by atoms with Crippen LogP contribution in [-0.2, 0) is 23.9 Å². The summed E-state index contributed by atoms with van der Waals surface area (Å²) in [5.41, 5.74) is -0.734. The molecule has 3 aliphatic rings. The minimum absolute atomic E-state index is 0.133. The van der Waals surface area contributed by atoms with Crippen LogP contribution >= 0.6 is 27.5 Å². The van der Waals surface area contributed by atoms with Gasteiger partial charge in [0.15, 0.2) is 0 Å². The lowest BCUT2D eigenvalue weighted by molar-refractivity contribution is -0.154. The monoisotopic (exact) mass is 514 g/mol. The summed E-state index contributed by atoms with van der Waals surface area (Å²) in [5.74, 6) is -2.86. The average Bonchev–Trinajstić information content (AvgIpc) is 3.32. The van der Waals surface area contributed by atoms with Crippen molar-refractivity contribution in [2.24, 2.45) is 11.8 Å². The number of alkyl halides is 1. The number of hydrogen-bond acceptors (Lipinski definition) is 6. The normalized spacial score (nSPS) is 33.5. The van der Waals surface area contributed by atoms with Gasteiger partial charge in [-0.05, 0) is 31.9 Å². The second-order valence-electron chi connectivity index (χ2n) is 7.99. The SMILES string of the molecule is CCOC(=O)[C@@H]1[C@H]2O[C@@]3(CC2Br)[C@H](C(=O)Nc2ccccc2Cl)N(CCCO)C(=O)[C@@H]13. The summed E-state index contributed by atoms with van der Waals surface area (Å²) in [5, 5.41) is 12.5. The summed E-state index contributed by atoms with van der Waals surface area (Å²) in [6, 6.07) is 5.86. The van der Waals surface area contributed by atoms with Gasteiger partial charge in [0.25, 0.3) is 0 Å². The topological polar surface area (TPSA) is 105 Å². The van der Waals surface area contributed by atoms with Crippen LogP contribution in [0, 0.1) is 11.8 Å². The number of nitrogens with one attached hydrogen (secondary N) is 1. The van der Waals surface area contributed by atoms with Crippen LogP contribution in [0.25, 0.3) is 0 Å². The largest absolute Gasteiger partial charge is 0.466 e. The molecule has 0 aliphatic carbocycles. The molecule has 1 unspecified atom stereocenters. The van der Waals surface area contributed by atoms with Gasteiger partial charge in [-0.15, -0.1) is 0 Å². The third kappa shape index (κ3) is 3.55. The van der Waals surface area contributed by atoms with Crippen molar-refractivity contribution in [3.63, 3.8) is 0 Å². The lowest BCUT2D eigenvalue weighted by Crippen LogP contribution is -2.54. The first-order chi connectivity index (χ1) is 14.9. The molecule has 8 nitrogen and oxygen atoms in total. The smallest absolute Gasteiger partial charge is 0.312 e. The molecule has 1 aromatic carbocycles. The van der Waals surface area contributed by atoms with Crippen molar-refractivity contribution in [1.29, 1.82) is 0 Å². The highest BCUT2D eigenvalue weighted by molar-refractivity contribution is 9.09. The van der Waals surface area contributed by atoms with Gasteiger partial charge in [-0.1, -0.05) is 39.7 Å². The maximum atomic E-state index is 13.5. The van der Waals surface area contributed by atoms with Gasteiger partial charge in [-0.2, -0.15) is 0 Å². The summed E-state index contributed by atoms with van der Waals surface area (Å²) in [4.78, 5) is 40.9. The number of likely N-dealkylation sites (tertiary alicyclic amines) is 1. The summed E-state index contributed by atoms with van der Waals surface area (Å²) < 4.78 is 11.5. The molecule has 6 atom stereocenters. The van der Waals surface area contributed by atoms with E-state index in [1.165, 1.54) is 4.90 Å². The third-order valence-corrected chi connectivity index (χ3v) is 7.46. The molecule has 0 saturated carbocycles. The number of halogens is 2. The molecule has 3 heterocycles. The van der Waals surface area contributed by atoms with Crippen molar-refractivity contribution >= 4 is 51.0 Å². The summed E-state index contributed by atoms with van der Waals surface area (Å²) >= 11 is 9.78. The number of anilines is 1. The molecular weight excluding hydrogens is 492 g/mol. The van der Waals surface area contributed by atoms with E-state index in [1.54, 1.807) is 31.2 Å². The van der Waals surface area contributed by atoms with Crippen molar-refractivity contribution in [2.75, 3.05) is 25.1 Å². The van der Waals surface area contributed by atoms with Gasteiger partial charge in [0.1, 0.15) is 11.6 Å². The zero-order valence-electron chi connectivity index (χ0n) is 16.9. The number of nitrogens with zero attached hydrogens (tertiary/aromatic N) is 1. The first kappa shape index (κ1) is 22.5. The van der Waals surface area contributed by atoms with Crippen LogP contribution in [0.15, 0.2) is 24.3 Å². The van der Waals surface area contributed by atoms with Gasteiger partial charge in [0, 0.05) is 18.0 Å². The Kier molecular flexibility index (Phi) is 6.31. The Hall–Kier alpha value is -1.68. The molecule has 1 aromatic rings. The molecule has 0 radical (unpaired) electrons. The molecule has 2 amide bonds. The molecule has 2 bridgehead atoms. The van der Waals surface area contributed by atoms with E-state index in [1.807, 2.05) is 0 Å². The zero-order chi connectivity index (χ0) is 22.3. The molecule has 3 fully saturated rings. The fourth-order valence-electron chi connectivity index (χ4n) is 5.18. The molecule has 31 heavy (non-hydrogen) atoms. The van der Waals surface area contributed by atoms with Crippen LogP contribution in [0.1, 0.15) is 19.8 Å². The number of ether oxygens (including phenoxy) is 2. The highest BCUT2D eigenvalue weighted by Gasteiger charge is 2.76. The number of esters is 1. The van der Waals surface area contributed by atoms with E-state index in [0.29, 0.717) is 23.6 Å². The standard InChI is InChI=1S/C21H24BrClN2O6/c1-2-30-20(29)14-15-19(28)25(8-5-9-26)17(21(15)10-11(22)16(14)31-21)18(27)24-13-7-4-3-6-12(13)23/h3-4,6-7,11,14-17,26H,2,5,8-10H2,1H3,(H,24,27)/t11?,14-,15+,16-,17-,21+/m0/s1. The highest BCUT2D eigenvalue weighted by atomic mass is 79.9. The first-order valence-corrected chi connectivity index (χ1v) is 11.6. The van der Waals surface area contributed by atoms with Crippen molar-refractivity contribution in [3.05, 3.63) is 29.3 Å². The average molecular weight is 516 g/mol. The number of carbonyl (C=O) groups excluding carboxylic acids is 3. The fourth-order valence-corrected chi connectivity index (χ4v) is 6.31. The number of hydrogen-bond donors (Lipinski definition) is 2. The third-order valence-electron chi connectivity index (χ3n) is 6.29. The summed E-state index contributed by atoms with van der Waals surface area (Å²) in [6.07, 6.45) is 0.152. The molecule has 1 spiro atoms. The van der Waals surface area contributed by atoms with Crippen LogP contribution in [0.4, 0.5) is 5.69 Å². The molecule has 0 aromatic heterocycles. The lowest BCUT2D eigenvalue weighted by atomic mass is 9.70. The van der Waals surface area contributed by atoms with E-state index in [0.717, 1.165) is 0 Å². The van der Waals surface area contributed by atoms with Gasteiger partial charge in [0.2, 0.25) is 11.8 Å². The second kappa shape index (κ2) is 8.69. The molecule has 168 valence electrons. The van der Waals surface area contributed by atoms with E-state index in [2.05, 4.69) is 21.2 Å². The summed E-state index contributed by atoms with van der Waals surface area (Å²) in [7, 11) is 0. The van der Waals surface area contributed by atoms with Crippen molar-refractivity contribution < 1.29 is 29.0 Å². The predicted molar refractivity (Wildman–Crippen MR) is 116 cm³/mol. The van der Waals surface area contributed by atoms with Crippen molar-refractivity contribution in [1.82, 2.24) is 4.90 Å². The van der Waals surface area contributed by atoms with Crippen LogP contribution in [0.5, 0.6) is 0 Å². The Labute approximate surface area is 193 Å². The number of aliphatic hydroxyl groups excluding tert-OH is 1. The Morgan fingerprint density at radius 2 is 2.16 bits per heavy atom. The Morgan fingerprint density at radius 1 is 1.42 bits per heavy atom. The van der Waals surface area contributed by atoms with E-state index in [9.17, 15) is 19.5 Å². The van der Waals surface area contributed by atoms with Crippen molar-refractivity contribution in [3.8, 4) is 0 Å². The number of fused-ring (bicyclic) bond motifs is 1. The fraction of sp³-hybridized carbons (Fsp3) is 0.571. The minimum Gasteiger partial charge on any atom is -0.466 e. The minimum atomic E-state index is -1.16. The Balaban J connectivity index is 1.72. The van der Waals surface area contributed by atoms with Crippen molar-refractivity contribution in [2.45, 2.75) is 42.3 Å². The predicted octanol–water partition coefficient (Wildman–Crippen LogP) is 1.97. The van der Waals surface area contributed by atoms with E-state index >= 15 is 0 Å². The van der Waals surface area contributed by atoms with Gasteiger partial charge in [-0.25, -0.2) is 0 Å². The maximum absolute atomic E-state index is 13.5. The molecule has 2 N–H and O–H groups in total. The second-order valence-corrected chi connectivity index (χ2v) is 9.58. The molecule has 10 heteroatoms. The number of para-hydroxylation sites is 1. The maximum Gasteiger partial charge on any atom is 0.312 e. The van der Waals surface area contributed by atoms with Gasteiger partial charge < -0.3 is 24.8 Å². The lowest BCUT2D eigenvalue weighted by Gasteiger charge is -2.34. The molecule has 4 rings (SSSR count). The van der Waals surface area contributed by atoms with E-state index in [-0.39, 0.29) is 30.5 Å². The van der Waals surface area contributed by atoms with Gasteiger partial charge in [0.05, 0.1) is 35.3 Å². The van der Waals surface area contributed by atoms with Crippen LogP contribution in [0.2, 0.25) is 5.02 Å². The van der Waals surface area contributed by atoms with Crippen LogP contribution < -0.4 is 5.32 Å². The van der Waals surface area contributed by atoms with E-state index in [4.69, 9.17) is 21.1 Å². The molecule has 3 aliphatic heterocycles. The Bertz CT molecular complexity index is 900. The number of rotatable bonds is 7. The number of amides is 2. The molecular formula is C21H24BrClN2O6. The quantitative estimate of drug-likeness (QED) is 0.425. The van der Waals surface area contributed by atoms with Gasteiger partial charge >= 0.3 is 5.97 Å². The summed E-state index contributed by atoms with van der Waals surface area (Å²) in [6.45, 7) is 1.93. The van der Waals surface area contributed by atoms with E-state index < -0.39 is 41.5 Å². The molecule has 3 saturated heterocycles. The first-order valence-electron chi connectivity index (χ1n) is 10.3. The van der Waals surface area contributed by atoms with Crippen LogP contribution in [0.3, 0.4) is 0 Å². The number of carbonyl (C=O) groups is 3. The Morgan fingerprint density at radius 3 is 2.84 bits per heavy atom. The zero-order valence-corrected chi connectivity index (χ0v) is 19.3. The number of aliphatic hydroxyl groups is 1. The van der Waals surface area contributed by atoms with Crippen LogP contribution in [-0.4, -0.2) is 70.1 Å². The highest BCUT2D eigenvalue weighted by Crippen LogP contribution is 2.60. The van der Waals surface area contributed by atoms with Gasteiger partial charge in [-0.3, -0.25) is 14.4 Å². The number of benzene rings is 1.